The van der Waals surface area contributed by atoms with Crippen LogP contribution in [0.25, 0.3) is 0 Å². The third-order valence-corrected chi connectivity index (χ3v) is 3.81. The molecule has 0 radical (unpaired) electrons. The Hall–Kier alpha value is -2.04. The van der Waals surface area contributed by atoms with Crippen molar-refractivity contribution in [1.82, 2.24) is 4.90 Å². The zero-order chi connectivity index (χ0) is 14.7. The zero-order valence-corrected chi connectivity index (χ0v) is 11.9. The first-order chi connectivity index (χ1) is 9.49. The second-order valence-corrected chi connectivity index (χ2v) is 5.23. The highest BCUT2D eigenvalue weighted by Crippen LogP contribution is 2.18. The third-order valence-electron chi connectivity index (χ3n) is 3.81. The Kier molecular flexibility index (Phi) is 4.27. The van der Waals surface area contributed by atoms with E-state index in [1.54, 1.807) is 11.0 Å². The fourth-order valence-electron chi connectivity index (χ4n) is 2.42. The summed E-state index contributed by atoms with van der Waals surface area (Å²) >= 11 is 0. The van der Waals surface area contributed by atoms with E-state index in [2.05, 4.69) is 0 Å². The molecule has 2 rings (SSSR count). The number of hydrogen-bond donors (Lipinski definition) is 1. The van der Waals surface area contributed by atoms with Crippen LogP contribution in [0.5, 0.6) is 0 Å². The molecule has 1 aromatic carbocycles. The van der Waals surface area contributed by atoms with Crippen molar-refractivity contribution in [3.05, 3.63) is 34.9 Å². The summed E-state index contributed by atoms with van der Waals surface area (Å²) in [7, 11) is 0. The van der Waals surface area contributed by atoms with Crippen LogP contribution >= 0.6 is 0 Å². The lowest BCUT2D eigenvalue weighted by Gasteiger charge is -2.22. The number of nitrogens with two attached hydrogens (primary N) is 1. The van der Waals surface area contributed by atoms with Gasteiger partial charge in [-0.15, -0.1) is 0 Å². The molecular formula is C15H20N2O3. The molecule has 20 heavy (non-hydrogen) atoms. The standard InChI is InChI=1S/C15H20N2O3/c1-10-5-6-12(8-11(10)2)14(18)20-9-13-4-3-7-17(13)15(16)19/h5-6,8,13H,3-4,7,9H2,1-2H3,(H2,16,19). The van der Waals surface area contributed by atoms with Gasteiger partial charge in [-0.25, -0.2) is 9.59 Å². The number of rotatable bonds is 3. The molecule has 5 heteroatoms. The van der Waals surface area contributed by atoms with Crippen molar-refractivity contribution >= 4 is 12.0 Å². The van der Waals surface area contributed by atoms with E-state index in [-0.39, 0.29) is 18.6 Å². The maximum absolute atomic E-state index is 12.0. The zero-order valence-electron chi connectivity index (χ0n) is 11.9. The smallest absolute Gasteiger partial charge is 0.338 e. The minimum absolute atomic E-state index is 0.0944. The number of primary amides is 1. The van der Waals surface area contributed by atoms with Crippen LogP contribution in [-0.4, -0.2) is 36.1 Å². The Morgan fingerprint density at radius 3 is 2.75 bits per heavy atom. The first-order valence-electron chi connectivity index (χ1n) is 6.79. The lowest BCUT2D eigenvalue weighted by Crippen LogP contribution is -2.41. The summed E-state index contributed by atoms with van der Waals surface area (Å²) in [5, 5.41) is 0. The number of urea groups is 1. The van der Waals surface area contributed by atoms with Gasteiger partial charge in [-0.1, -0.05) is 6.07 Å². The number of aryl methyl sites for hydroxylation is 2. The van der Waals surface area contributed by atoms with Crippen molar-refractivity contribution in [3.8, 4) is 0 Å². The van der Waals surface area contributed by atoms with Gasteiger partial charge in [0.25, 0.3) is 0 Å². The van der Waals surface area contributed by atoms with Crippen LogP contribution in [0.2, 0.25) is 0 Å². The summed E-state index contributed by atoms with van der Waals surface area (Å²) in [5.74, 6) is -0.357. The molecule has 0 spiro atoms. The maximum Gasteiger partial charge on any atom is 0.338 e. The van der Waals surface area contributed by atoms with Crippen molar-refractivity contribution in [1.29, 1.82) is 0 Å². The van der Waals surface area contributed by atoms with E-state index in [0.717, 1.165) is 24.0 Å². The Bertz CT molecular complexity index is 528. The van der Waals surface area contributed by atoms with E-state index in [4.69, 9.17) is 10.5 Å². The molecular weight excluding hydrogens is 256 g/mol. The van der Waals surface area contributed by atoms with E-state index >= 15 is 0 Å². The van der Waals surface area contributed by atoms with Gasteiger partial charge in [-0.2, -0.15) is 0 Å². The Balaban J connectivity index is 1.95. The van der Waals surface area contributed by atoms with E-state index in [1.807, 2.05) is 26.0 Å². The lowest BCUT2D eigenvalue weighted by molar-refractivity contribution is 0.0422. The van der Waals surface area contributed by atoms with Gasteiger partial charge < -0.3 is 15.4 Å². The SMILES string of the molecule is Cc1ccc(C(=O)OCC2CCCN2C(N)=O)cc1C. The number of likely N-dealkylation sites (tertiary alicyclic amines) is 1. The van der Waals surface area contributed by atoms with Crippen LogP contribution in [0.3, 0.4) is 0 Å². The second kappa shape index (κ2) is 5.94. The minimum atomic E-state index is -0.449. The Morgan fingerprint density at radius 2 is 2.10 bits per heavy atom. The topological polar surface area (TPSA) is 72.6 Å². The van der Waals surface area contributed by atoms with E-state index < -0.39 is 6.03 Å². The molecule has 0 aliphatic carbocycles. The molecule has 5 nitrogen and oxygen atoms in total. The van der Waals surface area contributed by atoms with Gasteiger partial charge >= 0.3 is 12.0 Å². The molecule has 1 saturated heterocycles. The average Bonchev–Trinajstić information content (AvgIpc) is 2.87. The van der Waals surface area contributed by atoms with Gasteiger partial charge in [0.15, 0.2) is 0 Å². The minimum Gasteiger partial charge on any atom is -0.460 e. The first kappa shape index (κ1) is 14.4. The number of esters is 1. The van der Waals surface area contributed by atoms with Crippen LogP contribution in [0, 0.1) is 13.8 Å². The van der Waals surface area contributed by atoms with Crippen LogP contribution in [-0.2, 0) is 4.74 Å². The van der Waals surface area contributed by atoms with Crippen molar-refractivity contribution in [2.24, 2.45) is 5.73 Å². The summed E-state index contributed by atoms with van der Waals surface area (Å²) < 4.78 is 5.30. The van der Waals surface area contributed by atoms with Crippen molar-refractivity contribution in [2.75, 3.05) is 13.2 Å². The summed E-state index contributed by atoms with van der Waals surface area (Å²) in [6.07, 6.45) is 1.72. The van der Waals surface area contributed by atoms with Crippen molar-refractivity contribution in [3.63, 3.8) is 0 Å². The number of nitrogens with zero attached hydrogens (tertiary/aromatic N) is 1. The van der Waals surface area contributed by atoms with Gasteiger partial charge in [-0.05, 0) is 49.9 Å². The van der Waals surface area contributed by atoms with Crippen LogP contribution in [0.1, 0.15) is 34.3 Å². The molecule has 108 valence electrons. The van der Waals surface area contributed by atoms with Gasteiger partial charge in [0.05, 0.1) is 11.6 Å². The highest BCUT2D eigenvalue weighted by molar-refractivity contribution is 5.89. The molecule has 2 amide bonds. The van der Waals surface area contributed by atoms with Crippen LogP contribution < -0.4 is 5.73 Å². The largest absolute Gasteiger partial charge is 0.460 e. The number of carbonyl (C=O) groups excluding carboxylic acids is 2. The fraction of sp³-hybridized carbons (Fsp3) is 0.467. The number of amides is 2. The molecule has 1 heterocycles. The molecule has 1 aliphatic heterocycles. The molecule has 0 saturated carbocycles. The molecule has 0 bridgehead atoms. The molecule has 1 unspecified atom stereocenters. The number of hydrogen-bond acceptors (Lipinski definition) is 3. The molecule has 2 N–H and O–H groups in total. The average molecular weight is 276 g/mol. The number of ether oxygens (including phenoxy) is 1. The fourth-order valence-corrected chi connectivity index (χ4v) is 2.42. The monoisotopic (exact) mass is 276 g/mol. The Morgan fingerprint density at radius 1 is 1.35 bits per heavy atom. The molecule has 1 aliphatic rings. The van der Waals surface area contributed by atoms with Gasteiger partial charge in [0, 0.05) is 6.54 Å². The molecule has 1 aromatic rings. The first-order valence-corrected chi connectivity index (χ1v) is 6.79. The highest BCUT2D eigenvalue weighted by Gasteiger charge is 2.28. The molecule has 0 aromatic heterocycles. The van der Waals surface area contributed by atoms with Crippen LogP contribution in [0.4, 0.5) is 4.79 Å². The van der Waals surface area contributed by atoms with Crippen LogP contribution in [0.15, 0.2) is 18.2 Å². The predicted molar refractivity (Wildman–Crippen MR) is 75.5 cm³/mol. The Labute approximate surface area is 118 Å². The summed E-state index contributed by atoms with van der Waals surface area (Å²) in [6.45, 7) is 4.79. The van der Waals surface area contributed by atoms with E-state index in [0.29, 0.717) is 12.1 Å². The van der Waals surface area contributed by atoms with E-state index in [9.17, 15) is 9.59 Å². The molecule has 1 fully saturated rings. The summed E-state index contributed by atoms with van der Waals surface area (Å²) in [4.78, 5) is 24.8. The van der Waals surface area contributed by atoms with Gasteiger partial charge in [-0.3, -0.25) is 0 Å². The maximum atomic E-state index is 12.0. The van der Waals surface area contributed by atoms with Gasteiger partial charge in [0.2, 0.25) is 0 Å². The third kappa shape index (κ3) is 3.10. The predicted octanol–water partition coefficient (Wildman–Crippen LogP) is 2.00. The second-order valence-electron chi connectivity index (χ2n) is 5.23. The summed E-state index contributed by atoms with van der Waals surface area (Å²) in [5.41, 5.74) is 8.02. The number of benzene rings is 1. The summed E-state index contributed by atoms with van der Waals surface area (Å²) in [6, 6.07) is 4.93. The highest BCUT2D eigenvalue weighted by atomic mass is 16.5. The lowest BCUT2D eigenvalue weighted by atomic mass is 10.1. The van der Waals surface area contributed by atoms with E-state index in [1.165, 1.54) is 0 Å². The quantitative estimate of drug-likeness (QED) is 0.858. The molecule has 1 atom stereocenters. The normalized spacial score (nSPS) is 18.1. The van der Waals surface area contributed by atoms with Gasteiger partial charge in [0.1, 0.15) is 6.61 Å². The van der Waals surface area contributed by atoms with Crippen molar-refractivity contribution in [2.45, 2.75) is 32.7 Å². The number of carbonyl (C=O) groups is 2. The van der Waals surface area contributed by atoms with Crippen molar-refractivity contribution < 1.29 is 14.3 Å².